The topological polar surface area (TPSA) is 93.5 Å². The van der Waals surface area contributed by atoms with Crippen molar-refractivity contribution in [2.24, 2.45) is 0 Å². The average Bonchev–Trinajstić information content (AvgIpc) is 3.18. The molecule has 2 unspecified atom stereocenters. The molecular weight excluding hydrogens is 486 g/mol. The van der Waals surface area contributed by atoms with Gasteiger partial charge in [-0.25, -0.2) is 22.9 Å². The second-order valence-electron chi connectivity index (χ2n) is 7.82. The van der Waals surface area contributed by atoms with Gasteiger partial charge in [-0.2, -0.15) is 13.2 Å². The third kappa shape index (κ3) is 5.25. The molecule has 0 radical (unpaired) electrons. The summed E-state index contributed by atoms with van der Waals surface area (Å²) >= 11 is 0. The largest absolute Gasteiger partial charge is 0.464 e. The maximum Gasteiger partial charge on any atom is 0.449 e. The zero-order valence-electron chi connectivity index (χ0n) is 18.5. The number of hydrogen-bond donors (Lipinski definition) is 1. The molecule has 1 N–H and O–H groups in total. The molecule has 35 heavy (non-hydrogen) atoms. The molecule has 3 rings (SSSR count). The van der Waals surface area contributed by atoms with E-state index < -0.39 is 65.5 Å². The number of benzene rings is 1. The number of carbonyl (C=O) groups is 3. The monoisotopic (exact) mass is 506 g/mol. The lowest BCUT2D eigenvalue weighted by molar-refractivity contribution is -0.148. The molecule has 0 fully saturated rings. The standard InChI is InChI=1S/C21H20F6N4O4/c1-10-18-17(19(34)35-2)29-20(21(25,26)27)31(18)4-3-30(10)16(33)7-12(28-9-32)5-11-6-14(23)15(24)8-13(11)22/h6,8-10,12H,3-5,7H2,1-2H3,(H,28,32). The number of aromatic nitrogens is 2. The Morgan fingerprint density at radius 2 is 1.86 bits per heavy atom. The van der Waals surface area contributed by atoms with E-state index in [0.717, 1.165) is 11.7 Å². The first kappa shape index (κ1) is 26.0. The lowest BCUT2D eigenvalue weighted by Crippen LogP contribution is -2.45. The summed E-state index contributed by atoms with van der Waals surface area (Å²) in [4.78, 5) is 40.7. The number of fused-ring (bicyclic) bond motifs is 1. The first-order chi connectivity index (χ1) is 16.4. The molecule has 0 spiro atoms. The molecule has 0 bridgehead atoms. The molecule has 0 saturated heterocycles. The number of carbonyl (C=O) groups excluding carboxylic acids is 3. The van der Waals surface area contributed by atoms with E-state index >= 15 is 0 Å². The molecule has 1 aromatic heterocycles. The third-order valence-electron chi connectivity index (χ3n) is 5.67. The van der Waals surface area contributed by atoms with Crippen LogP contribution in [0.1, 0.15) is 47.0 Å². The van der Waals surface area contributed by atoms with Crippen molar-refractivity contribution in [3.05, 3.63) is 52.4 Å². The van der Waals surface area contributed by atoms with Crippen LogP contribution in [0.4, 0.5) is 26.3 Å². The van der Waals surface area contributed by atoms with Gasteiger partial charge in [-0.05, 0) is 25.0 Å². The summed E-state index contributed by atoms with van der Waals surface area (Å²) in [5, 5.41) is 2.31. The maximum absolute atomic E-state index is 14.0. The number of alkyl halides is 3. The zero-order chi connectivity index (χ0) is 26.1. The molecule has 2 atom stereocenters. The van der Waals surface area contributed by atoms with Gasteiger partial charge in [0.1, 0.15) is 5.82 Å². The lowest BCUT2D eigenvalue weighted by Gasteiger charge is -2.36. The van der Waals surface area contributed by atoms with E-state index in [1.54, 1.807) is 0 Å². The smallest absolute Gasteiger partial charge is 0.449 e. The molecule has 1 aliphatic rings. The molecule has 2 aromatic rings. The van der Waals surface area contributed by atoms with Gasteiger partial charge in [0, 0.05) is 31.6 Å². The zero-order valence-corrected chi connectivity index (χ0v) is 18.5. The van der Waals surface area contributed by atoms with Gasteiger partial charge < -0.3 is 19.5 Å². The second-order valence-corrected chi connectivity index (χ2v) is 7.82. The lowest BCUT2D eigenvalue weighted by atomic mass is 10.0. The Kier molecular flexibility index (Phi) is 7.41. The van der Waals surface area contributed by atoms with Crippen LogP contribution in [0.5, 0.6) is 0 Å². The van der Waals surface area contributed by atoms with Crippen LogP contribution in [0.25, 0.3) is 0 Å². The molecule has 8 nitrogen and oxygen atoms in total. The van der Waals surface area contributed by atoms with Crippen LogP contribution in [0.2, 0.25) is 0 Å². The Balaban J connectivity index is 1.87. The molecule has 0 aliphatic carbocycles. The van der Waals surface area contributed by atoms with Crippen molar-refractivity contribution in [1.82, 2.24) is 19.8 Å². The number of hydrogen-bond acceptors (Lipinski definition) is 5. The fraction of sp³-hybridized carbons (Fsp3) is 0.429. The van der Waals surface area contributed by atoms with Gasteiger partial charge in [-0.15, -0.1) is 0 Å². The highest BCUT2D eigenvalue weighted by Crippen LogP contribution is 2.36. The molecule has 1 aromatic carbocycles. The van der Waals surface area contributed by atoms with Gasteiger partial charge in [0.15, 0.2) is 17.3 Å². The van der Waals surface area contributed by atoms with E-state index in [9.17, 15) is 40.7 Å². The SMILES string of the molecule is COC(=O)c1nc(C(F)(F)F)n2c1C(C)N(C(=O)CC(Cc1cc(F)c(F)cc1F)NC=O)CC2. The Bertz CT molecular complexity index is 1150. The highest BCUT2D eigenvalue weighted by atomic mass is 19.4. The predicted octanol–water partition coefficient (Wildman–Crippen LogP) is 2.76. The van der Waals surface area contributed by atoms with Gasteiger partial charge >= 0.3 is 12.1 Å². The summed E-state index contributed by atoms with van der Waals surface area (Å²) in [5.74, 6) is -6.85. The first-order valence-corrected chi connectivity index (χ1v) is 10.3. The number of nitrogens with zero attached hydrogens (tertiary/aromatic N) is 3. The fourth-order valence-corrected chi connectivity index (χ4v) is 4.07. The van der Waals surface area contributed by atoms with E-state index in [-0.39, 0.29) is 37.2 Å². The minimum absolute atomic E-state index is 0.171. The summed E-state index contributed by atoms with van der Waals surface area (Å²) < 4.78 is 86.5. The maximum atomic E-state index is 14.0. The number of rotatable bonds is 7. The summed E-state index contributed by atoms with van der Waals surface area (Å²) in [6, 6.07) is -1.13. The van der Waals surface area contributed by atoms with Crippen molar-refractivity contribution in [3.8, 4) is 0 Å². The van der Waals surface area contributed by atoms with Crippen LogP contribution in [0.15, 0.2) is 12.1 Å². The number of amides is 2. The minimum atomic E-state index is -4.86. The third-order valence-corrected chi connectivity index (χ3v) is 5.67. The first-order valence-electron chi connectivity index (χ1n) is 10.3. The summed E-state index contributed by atoms with van der Waals surface area (Å²) in [6.07, 6.45) is -5.41. The van der Waals surface area contributed by atoms with Crippen molar-refractivity contribution in [3.63, 3.8) is 0 Å². The van der Waals surface area contributed by atoms with Crippen molar-refractivity contribution < 1.29 is 45.5 Å². The van der Waals surface area contributed by atoms with E-state index in [1.807, 2.05) is 0 Å². The number of methoxy groups -OCH3 is 1. The normalized spacial score (nSPS) is 16.5. The molecule has 2 heterocycles. The highest BCUT2D eigenvalue weighted by Gasteiger charge is 2.44. The minimum Gasteiger partial charge on any atom is -0.464 e. The quantitative estimate of drug-likeness (QED) is 0.270. The van der Waals surface area contributed by atoms with Gasteiger partial charge in [0.25, 0.3) is 0 Å². The molecule has 14 heteroatoms. The van der Waals surface area contributed by atoms with Crippen LogP contribution < -0.4 is 5.32 Å². The number of imidazole rings is 1. The summed E-state index contributed by atoms with van der Waals surface area (Å²) in [6.45, 7) is 0.891. The van der Waals surface area contributed by atoms with E-state index in [1.165, 1.54) is 11.8 Å². The average molecular weight is 506 g/mol. The Morgan fingerprint density at radius 3 is 2.46 bits per heavy atom. The molecule has 2 amide bonds. The summed E-state index contributed by atoms with van der Waals surface area (Å²) in [7, 11) is 0.977. The van der Waals surface area contributed by atoms with Crippen LogP contribution in [-0.4, -0.2) is 52.4 Å². The molecule has 0 saturated carbocycles. The van der Waals surface area contributed by atoms with Crippen LogP contribution in [-0.2, 0) is 33.5 Å². The Labute approximate surface area is 194 Å². The van der Waals surface area contributed by atoms with Crippen molar-refractivity contribution in [1.29, 1.82) is 0 Å². The van der Waals surface area contributed by atoms with Crippen molar-refractivity contribution in [2.45, 2.75) is 44.6 Å². The number of esters is 1. The van der Waals surface area contributed by atoms with Crippen LogP contribution in [0, 0.1) is 17.5 Å². The second kappa shape index (κ2) is 9.96. The molecule has 1 aliphatic heterocycles. The van der Waals surface area contributed by atoms with Crippen molar-refractivity contribution >= 4 is 18.3 Å². The van der Waals surface area contributed by atoms with Crippen molar-refractivity contribution in [2.75, 3.05) is 13.7 Å². The number of ether oxygens (including phenoxy) is 1. The van der Waals surface area contributed by atoms with E-state index in [0.29, 0.717) is 12.1 Å². The molecular formula is C21H20F6N4O4. The Morgan fingerprint density at radius 1 is 1.20 bits per heavy atom. The van der Waals surface area contributed by atoms with Gasteiger partial charge in [0.05, 0.1) is 18.8 Å². The van der Waals surface area contributed by atoms with Crippen LogP contribution >= 0.6 is 0 Å². The number of nitrogens with one attached hydrogen (secondary N) is 1. The Hall–Kier alpha value is -3.58. The summed E-state index contributed by atoms with van der Waals surface area (Å²) in [5.41, 5.74) is -1.05. The molecule has 190 valence electrons. The van der Waals surface area contributed by atoms with Gasteiger partial charge in [-0.3, -0.25) is 9.59 Å². The van der Waals surface area contributed by atoms with Gasteiger partial charge in [0.2, 0.25) is 18.1 Å². The predicted molar refractivity (Wildman–Crippen MR) is 106 cm³/mol. The number of halogens is 6. The van der Waals surface area contributed by atoms with E-state index in [4.69, 9.17) is 0 Å². The van der Waals surface area contributed by atoms with Gasteiger partial charge in [-0.1, -0.05) is 0 Å². The fourth-order valence-electron chi connectivity index (χ4n) is 4.07. The van der Waals surface area contributed by atoms with Crippen LogP contribution in [0.3, 0.4) is 0 Å². The van der Waals surface area contributed by atoms with E-state index in [2.05, 4.69) is 15.0 Å². The highest BCUT2D eigenvalue weighted by molar-refractivity contribution is 5.89.